The molecule has 1 rings (SSSR count). The average molecular weight is 201 g/mol. The summed E-state index contributed by atoms with van der Waals surface area (Å²) in [7, 11) is 0. The Morgan fingerprint density at radius 1 is 1.21 bits per heavy atom. The van der Waals surface area contributed by atoms with Crippen LogP contribution in [-0.4, -0.2) is 9.96 Å². The highest BCUT2D eigenvalue weighted by molar-refractivity contribution is 5.59. The third kappa shape index (κ3) is 1.73. The minimum Gasteiger partial charge on any atom is -0.258 e. The molecule has 0 saturated heterocycles. The van der Waals surface area contributed by atoms with E-state index in [1.54, 1.807) is 0 Å². The van der Waals surface area contributed by atoms with Crippen LogP contribution in [-0.2, 0) is 0 Å². The molecule has 0 fully saturated rings. The lowest BCUT2D eigenvalue weighted by molar-refractivity contribution is -0.526. The lowest BCUT2D eigenvalue weighted by Crippen LogP contribution is -2.20. The van der Waals surface area contributed by atoms with Crippen molar-refractivity contribution in [2.45, 2.75) is 0 Å². The number of nitro benzene ring substituents is 1. The monoisotopic (exact) mass is 201 g/mol. The highest BCUT2D eigenvalue weighted by atomic mass is 19.2. The van der Waals surface area contributed by atoms with E-state index in [2.05, 4.69) is 0 Å². The van der Waals surface area contributed by atoms with Gasteiger partial charge in [0.1, 0.15) is 0 Å². The first-order chi connectivity index (χ1) is 6.54. The number of para-hydroxylation sites is 2. The van der Waals surface area contributed by atoms with Crippen molar-refractivity contribution >= 4 is 11.4 Å². The van der Waals surface area contributed by atoms with Crippen LogP contribution in [0, 0.1) is 20.2 Å². The molecule has 0 saturated carbocycles. The summed E-state index contributed by atoms with van der Waals surface area (Å²) >= 11 is 0. The first-order valence-corrected chi connectivity index (χ1v) is 3.37. The maximum Gasteiger partial charge on any atom is 0.301 e. The quantitative estimate of drug-likeness (QED) is 0.419. The van der Waals surface area contributed by atoms with E-state index in [4.69, 9.17) is 0 Å². The van der Waals surface area contributed by atoms with Crippen LogP contribution < -0.4 is 5.23 Å². The van der Waals surface area contributed by atoms with Crippen LogP contribution in [0.3, 0.4) is 0 Å². The average Bonchev–Trinajstić information content (AvgIpc) is 2.16. The first kappa shape index (κ1) is 9.84. The van der Waals surface area contributed by atoms with E-state index in [-0.39, 0.29) is 0 Å². The zero-order valence-corrected chi connectivity index (χ0v) is 6.66. The molecule has 0 radical (unpaired) electrons. The third-order valence-corrected chi connectivity index (χ3v) is 1.42. The molecule has 0 aliphatic carbocycles. The van der Waals surface area contributed by atoms with Crippen LogP contribution >= 0.6 is 0 Å². The number of halogens is 1. The molecule has 0 aromatic heterocycles. The fourth-order valence-corrected chi connectivity index (χ4v) is 0.863. The van der Waals surface area contributed by atoms with E-state index in [1.165, 1.54) is 12.1 Å². The van der Waals surface area contributed by atoms with Gasteiger partial charge in [-0.15, -0.1) is 0 Å². The molecule has 0 heterocycles. The van der Waals surface area contributed by atoms with Crippen LogP contribution in [0.5, 0.6) is 0 Å². The van der Waals surface area contributed by atoms with E-state index in [0.29, 0.717) is 0 Å². The van der Waals surface area contributed by atoms with Crippen molar-refractivity contribution < 1.29 is 14.4 Å². The molecule has 0 unspecified atom stereocenters. The van der Waals surface area contributed by atoms with E-state index in [1.807, 2.05) is 0 Å². The largest absolute Gasteiger partial charge is 0.301 e. The number of rotatable bonds is 3. The van der Waals surface area contributed by atoms with Crippen molar-refractivity contribution in [2.75, 3.05) is 5.23 Å². The SMILES string of the molecule is O=[N+]([O-])c1ccccc1N(F)[N+](=O)[O-]. The van der Waals surface area contributed by atoms with E-state index >= 15 is 0 Å². The Balaban J connectivity index is 3.19. The summed E-state index contributed by atoms with van der Waals surface area (Å²) in [6.07, 6.45) is 0. The third-order valence-electron chi connectivity index (χ3n) is 1.42. The fraction of sp³-hybridized carbons (Fsp3) is 0. The van der Waals surface area contributed by atoms with Gasteiger partial charge in [0.25, 0.3) is 0 Å². The summed E-state index contributed by atoms with van der Waals surface area (Å²) in [6, 6.07) is 4.47. The van der Waals surface area contributed by atoms with Crippen LogP contribution in [0.4, 0.5) is 15.9 Å². The fourth-order valence-electron chi connectivity index (χ4n) is 0.863. The van der Waals surface area contributed by atoms with Gasteiger partial charge in [-0.25, -0.2) is 10.1 Å². The zero-order chi connectivity index (χ0) is 10.7. The number of hydrogen-bond acceptors (Lipinski definition) is 4. The van der Waals surface area contributed by atoms with Crippen molar-refractivity contribution in [3.8, 4) is 0 Å². The van der Waals surface area contributed by atoms with Gasteiger partial charge < -0.3 is 0 Å². The minimum atomic E-state index is -1.39. The van der Waals surface area contributed by atoms with Gasteiger partial charge in [-0.2, -0.15) is 0 Å². The lowest BCUT2D eigenvalue weighted by Gasteiger charge is -2.02. The molecule has 0 N–H and O–H groups in total. The van der Waals surface area contributed by atoms with Gasteiger partial charge in [0.05, 0.1) is 10.2 Å². The Morgan fingerprint density at radius 3 is 2.29 bits per heavy atom. The molecule has 0 bridgehead atoms. The maximum atomic E-state index is 12.7. The zero-order valence-electron chi connectivity index (χ0n) is 6.66. The molecule has 1 aromatic carbocycles. The van der Waals surface area contributed by atoms with E-state index < -0.39 is 26.6 Å². The normalized spacial score (nSPS) is 9.50. The number of benzene rings is 1. The molecule has 74 valence electrons. The predicted octanol–water partition coefficient (Wildman–Crippen LogP) is 1.48. The number of hydrogen-bond donors (Lipinski definition) is 0. The predicted molar refractivity (Wildman–Crippen MR) is 43.7 cm³/mol. The molecule has 7 nitrogen and oxygen atoms in total. The number of anilines is 1. The molecule has 1 aromatic rings. The van der Waals surface area contributed by atoms with Crippen molar-refractivity contribution in [1.82, 2.24) is 0 Å². The number of hydrazine groups is 1. The molecule has 0 amide bonds. The van der Waals surface area contributed by atoms with Crippen LogP contribution in [0.1, 0.15) is 0 Å². The number of nitro groups is 2. The van der Waals surface area contributed by atoms with Gasteiger partial charge in [0.2, 0.25) is 5.69 Å². The van der Waals surface area contributed by atoms with Gasteiger partial charge >= 0.3 is 5.69 Å². The topological polar surface area (TPSA) is 89.5 Å². The summed E-state index contributed by atoms with van der Waals surface area (Å²) in [5, 5.41) is 18.1. The Labute approximate surface area is 76.6 Å². The van der Waals surface area contributed by atoms with Crippen molar-refractivity contribution in [2.24, 2.45) is 0 Å². The van der Waals surface area contributed by atoms with E-state index in [9.17, 15) is 24.7 Å². The Bertz CT molecular complexity index is 383. The summed E-state index contributed by atoms with van der Waals surface area (Å²) in [4.78, 5) is 19.4. The molecule has 14 heavy (non-hydrogen) atoms. The molecule has 0 aliphatic rings. The van der Waals surface area contributed by atoms with Gasteiger partial charge in [0.15, 0.2) is 5.03 Å². The van der Waals surface area contributed by atoms with Crippen LogP contribution in [0.15, 0.2) is 24.3 Å². The van der Waals surface area contributed by atoms with Gasteiger partial charge in [-0.05, 0) is 10.5 Å². The minimum absolute atomic E-state index is 0.660. The van der Waals surface area contributed by atoms with Crippen molar-refractivity contribution in [3.63, 3.8) is 0 Å². The molecular formula is C6H4FN3O4. The first-order valence-electron chi connectivity index (χ1n) is 3.37. The van der Waals surface area contributed by atoms with Crippen LogP contribution in [0.2, 0.25) is 0 Å². The standard InChI is InChI=1S/C6H4FN3O4/c7-8(10(13)14)5-3-1-2-4-6(5)9(11)12/h1-4H. The van der Waals surface area contributed by atoms with Crippen molar-refractivity contribution in [3.05, 3.63) is 44.5 Å². The number of nitrogens with zero attached hydrogens (tertiary/aromatic N) is 3. The molecule has 0 atom stereocenters. The molecule has 8 heteroatoms. The second-order valence-electron chi connectivity index (χ2n) is 2.24. The summed E-state index contributed by atoms with van der Waals surface area (Å²) in [6.45, 7) is 0. The molecule has 0 spiro atoms. The van der Waals surface area contributed by atoms with Gasteiger partial charge in [-0.3, -0.25) is 10.1 Å². The Kier molecular flexibility index (Phi) is 2.56. The van der Waals surface area contributed by atoms with Crippen molar-refractivity contribution in [1.29, 1.82) is 0 Å². The second kappa shape index (κ2) is 3.64. The highest BCUT2D eigenvalue weighted by Crippen LogP contribution is 2.27. The van der Waals surface area contributed by atoms with Crippen LogP contribution in [0.25, 0.3) is 0 Å². The van der Waals surface area contributed by atoms with E-state index in [0.717, 1.165) is 12.1 Å². The van der Waals surface area contributed by atoms with Gasteiger partial charge in [-0.1, -0.05) is 12.1 Å². The maximum absolute atomic E-state index is 12.7. The smallest absolute Gasteiger partial charge is 0.258 e. The summed E-state index contributed by atoms with van der Waals surface area (Å²) in [5.41, 5.74) is -1.37. The second-order valence-corrected chi connectivity index (χ2v) is 2.24. The summed E-state index contributed by atoms with van der Waals surface area (Å²) < 4.78 is 12.7. The summed E-state index contributed by atoms with van der Waals surface area (Å²) in [5.74, 6) is 0. The Morgan fingerprint density at radius 2 is 1.79 bits per heavy atom. The highest BCUT2D eigenvalue weighted by Gasteiger charge is 2.26. The Hall–Kier alpha value is -2.25. The molecular weight excluding hydrogens is 197 g/mol. The lowest BCUT2D eigenvalue weighted by atomic mass is 10.3. The van der Waals surface area contributed by atoms with Gasteiger partial charge in [0, 0.05) is 6.07 Å². The molecule has 0 aliphatic heterocycles.